The lowest BCUT2D eigenvalue weighted by Gasteiger charge is -2.07. The second-order valence-electron chi connectivity index (χ2n) is 3.30. The first-order valence-corrected chi connectivity index (χ1v) is 5.21. The largest absolute Gasteiger partial charge is 0.479 e. The minimum Gasteiger partial charge on any atom is -0.479 e. The van der Waals surface area contributed by atoms with Gasteiger partial charge in [-0.2, -0.15) is 4.98 Å². The lowest BCUT2D eigenvalue weighted by atomic mass is 10.3. The molecule has 0 radical (unpaired) electrons. The molecule has 4 heteroatoms. The quantitative estimate of drug-likeness (QED) is 0.731. The second-order valence-corrected chi connectivity index (χ2v) is 3.30. The molecular formula is C11H18N2O2. The molecule has 0 fully saturated rings. The maximum atomic E-state index is 5.63. The van der Waals surface area contributed by atoms with Crippen LogP contribution in [0, 0.1) is 0 Å². The molecule has 0 atom stereocenters. The van der Waals surface area contributed by atoms with Crippen LogP contribution < -0.4 is 15.2 Å². The summed E-state index contributed by atoms with van der Waals surface area (Å²) in [7, 11) is 1.54. The van der Waals surface area contributed by atoms with Gasteiger partial charge in [0, 0.05) is 6.07 Å². The first kappa shape index (κ1) is 11.6. The molecule has 0 saturated heterocycles. The topological polar surface area (TPSA) is 57.4 Å². The Balaban J connectivity index is 2.47. The Morgan fingerprint density at radius 1 is 1.33 bits per heavy atom. The van der Waals surface area contributed by atoms with Gasteiger partial charge in [-0.05, 0) is 12.5 Å². The van der Waals surface area contributed by atoms with Gasteiger partial charge < -0.3 is 15.2 Å². The normalized spacial score (nSPS) is 10.0. The molecule has 1 heterocycles. The first-order valence-electron chi connectivity index (χ1n) is 5.21. The molecule has 0 aromatic carbocycles. The van der Waals surface area contributed by atoms with Crippen molar-refractivity contribution in [2.24, 2.45) is 0 Å². The fourth-order valence-corrected chi connectivity index (χ4v) is 1.21. The van der Waals surface area contributed by atoms with Crippen molar-refractivity contribution >= 4 is 5.69 Å². The Hall–Kier alpha value is -1.45. The number of rotatable bonds is 6. The van der Waals surface area contributed by atoms with E-state index in [9.17, 15) is 0 Å². The highest BCUT2D eigenvalue weighted by Crippen LogP contribution is 2.21. The van der Waals surface area contributed by atoms with Crippen LogP contribution in [0.1, 0.15) is 26.2 Å². The van der Waals surface area contributed by atoms with E-state index in [-0.39, 0.29) is 0 Å². The smallest absolute Gasteiger partial charge is 0.240 e. The van der Waals surface area contributed by atoms with Crippen molar-refractivity contribution in [2.75, 3.05) is 19.5 Å². The molecule has 0 aliphatic carbocycles. The molecule has 0 bridgehead atoms. The summed E-state index contributed by atoms with van der Waals surface area (Å²) in [6.07, 6.45) is 3.40. The van der Waals surface area contributed by atoms with E-state index in [1.54, 1.807) is 19.2 Å². The highest BCUT2D eigenvalue weighted by Gasteiger charge is 2.03. The average molecular weight is 210 g/mol. The summed E-state index contributed by atoms with van der Waals surface area (Å²) in [5, 5.41) is 0. The summed E-state index contributed by atoms with van der Waals surface area (Å²) in [5.74, 6) is 0.986. The third kappa shape index (κ3) is 3.65. The lowest BCUT2D eigenvalue weighted by Crippen LogP contribution is -2.01. The van der Waals surface area contributed by atoms with Crippen LogP contribution >= 0.6 is 0 Å². The van der Waals surface area contributed by atoms with Crippen LogP contribution in [0.5, 0.6) is 11.8 Å². The van der Waals surface area contributed by atoms with E-state index in [1.807, 2.05) is 0 Å². The highest BCUT2D eigenvalue weighted by atomic mass is 16.5. The number of unbranched alkanes of at least 4 members (excludes halogenated alkanes) is 2. The molecule has 2 N–H and O–H groups in total. The Bertz CT molecular complexity index is 303. The third-order valence-electron chi connectivity index (χ3n) is 2.06. The number of methoxy groups -OCH3 is 1. The molecule has 1 aromatic rings. The van der Waals surface area contributed by atoms with E-state index in [1.165, 1.54) is 12.8 Å². The Morgan fingerprint density at radius 2 is 2.13 bits per heavy atom. The van der Waals surface area contributed by atoms with Crippen LogP contribution in [0.4, 0.5) is 5.69 Å². The molecular weight excluding hydrogens is 192 g/mol. The molecule has 4 nitrogen and oxygen atoms in total. The van der Waals surface area contributed by atoms with E-state index in [0.29, 0.717) is 24.1 Å². The maximum Gasteiger partial charge on any atom is 0.240 e. The van der Waals surface area contributed by atoms with Crippen LogP contribution in [-0.2, 0) is 0 Å². The Kier molecular flexibility index (Phi) is 4.74. The molecule has 84 valence electrons. The summed E-state index contributed by atoms with van der Waals surface area (Å²) in [6.45, 7) is 2.85. The van der Waals surface area contributed by atoms with Gasteiger partial charge in [0.25, 0.3) is 0 Å². The zero-order valence-corrected chi connectivity index (χ0v) is 9.32. The fourth-order valence-electron chi connectivity index (χ4n) is 1.21. The minimum absolute atomic E-state index is 0.419. The van der Waals surface area contributed by atoms with Crippen molar-refractivity contribution in [1.82, 2.24) is 4.98 Å². The van der Waals surface area contributed by atoms with Gasteiger partial charge in [-0.15, -0.1) is 0 Å². The zero-order chi connectivity index (χ0) is 11.1. The van der Waals surface area contributed by atoms with E-state index < -0.39 is 0 Å². The molecule has 0 aliphatic heterocycles. The number of hydrogen-bond donors (Lipinski definition) is 1. The molecule has 1 aromatic heterocycles. The van der Waals surface area contributed by atoms with E-state index in [2.05, 4.69) is 11.9 Å². The molecule has 1 rings (SSSR count). The molecule has 0 saturated carbocycles. The summed E-state index contributed by atoms with van der Waals surface area (Å²) < 4.78 is 10.5. The molecule has 0 aliphatic rings. The Labute approximate surface area is 90.4 Å². The summed E-state index contributed by atoms with van der Waals surface area (Å²) in [6, 6.07) is 3.49. The fraction of sp³-hybridized carbons (Fsp3) is 0.545. The van der Waals surface area contributed by atoms with Crippen molar-refractivity contribution in [1.29, 1.82) is 0 Å². The van der Waals surface area contributed by atoms with E-state index in [0.717, 1.165) is 6.42 Å². The number of anilines is 1. The second kappa shape index (κ2) is 6.11. The van der Waals surface area contributed by atoms with Crippen LogP contribution in [0.3, 0.4) is 0 Å². The predicted octanol–water partition coefficient (Wildman–Crippen LogP) is 2.24. The van der Waals surface area contributed by atoms with Gasteiger partial charge in [-0.25, -0.2) is 0 Å². The maximum absolute atomic E-state index is 5.63. The molecule has 0 spiro atoms. The van der Waals surface area contributed by atoms with Gasteiger partial charge in [-0.1, -0.05) is 19.8 Å². The molecule has 0 amide bonds. The number of nitrogens with zero attached hydrogens (tertiary/aromatic N) is 1. The van der Waals surface area contributed by atoms with Crippen LogP contribution in [-0.4, -0.2) is 18.7 Å². The van der Waals surface area contributed by atoms with Crippen LogP contribution in [0.15, 0.2) is 12.1 Å². The predicted molar refractivity (Wildman–Crippen MR) is 60.2 cm³/mol. The van der Waals surface area contributed by atoms with Gasteiger partial charge in [0.1, 0.15) is 0 Å². The Morgan fingerprint density at radius 3 is 2.80 bits per heavy atom. The molecule has 0 unspecified atom stereocenters. The monoisotopic (exact) mass is 210 g/mol. The molecule has 15 heavy (non-hydrogen) atoms. The number of nitrogens with two attached hydrogens (primary N) is 1. The third-order valence-corrected chi connectivity index (χ3v) is 2.06. The minimum atomic E-state index is 0.419. The summed E-state index contributed by atoms with van der Waals surface area (Å²) >= 11 is 0. The van der Waals surface area contributed by atoms with Crippen molar-refractivity contribution in [3.63, 3.8) is 0 Å². The van der Waals surface area contributed by atoms with E-state index >= 15 is 0 Å². The first-order chi connectivity index (χ1) is 7.27. The van der Waals surface area contributed by atoms with Crippen LogP contribution in [0.2, 0.25) is 0 Å². The SMILES string of the molecule is CCCCCOc1ccc(N)c(OC)n1. The van der Waals surface area contributed by atoms with Crippen LogP contribution in [0.25, 0.3) is 0 Å². The van der Waals surface area contributed by atoms with Gasteiger partial charge >= 0.3 is 0 Å². The number of nitrogen functional groups attached to an aromatic ring is 1. The highest BCUT2D eigenvalue weighted by molar-refractivity contribution is 5.49. The number of pyridine rings is 1. The number of aromatic nitrogens is 1. The van der Waals surface area contributed by atoms with Crippen molar-refractivity contribution in [2.45, 2.75) is 26.2 Å². The van der Waals surface area contributed by atoms with Gasteiger partial charge in [0.05, 0.1) is 19.4 Å². The van der Waals surface area contributed by atoms with Gasteiger partial charge in [0.2, 0.25) is 11.8 Å². The van der Waals surface area contributed by atoms with Gasteiger partial charge in [-0.3, -0.25) is 0 Å². The summed E-state index contributed by atoms with van der Waals surface area (Å²) in [4.78, 5) is 4.12. The summed E-state index contributed by atoms with van der Waals surface area (Å²) in [5.41, 5.74) is 6.16. The number of ether oxygens (including phenoxy) is 2. The standard InChI is InChI=1S/C11H18N2O2/c1-3-4-5-8-15-10-7-6-9(12)11(13-10)14-2/h6-7H,3-5,8,12H2,1-2H3. The van der Waals surface area contributed by atoms with Crippen molar-refractivity contribution in [3.8, 4) is 11.8 Å². The van der Waals surface area contributed by atoms with Crippen molar-refractivity contribution in [3.05, 3.63) is 12.1 Å². The number of hydrogen-bond acceptors (Lipinski definition) is 4. The van der Waals surface area contributed by atoms with Crippen molar-refractivity contribution < 1.29 is 9.47 Å². The van der Waals surface area contributed by atoms with E-state index in [4.69, 9.17) is 15.2 Å². The average Bonchev–Trinajstić information content (AvgIpc) is 2.26. The lowest BCUT2D eigenvalue weighted by molar-refractivity contribution is 0.289. The van der Waals surface area contributed by atoms with Gasteiger partial charge in [0.15, 0.2) is 0 Å². The zero-order valence-electron chi connectivity index (χ0n) is 9.32.